The van der Waals surface area contributed by atoms with Gasteiger partial charge in [-0.25, -0.2) is 4.98 Å². The van der Waals surface area contributed by atoms with Crippen LogP contribution in [-0.4, -0.2) is 39.9 Å². The van der Waals surface area contributed by atoms with Crippen LogP contribution < -0.4 is 10.6 Å². The van der Waals surface area contributed by atoms with Gasteiger partial charge in [0, 0.05) is 34.4 Å². The standard InChI is InChI=1S/C27H27N5O/c1-18-2-4-19(5-3-18)26(33)14-24-13-22-12-20(6-7-21(22)15-30-24)25-16-29-17-27(32-25)31-23-8-10-28-11-9-23/h2-7,12-13,15-17,23,28H,8-11,14H2,1H3,(H,31,32). The summed E-state index contributed by atoms with van der Waals surface area (Å²) >= 11 is 0. The molecule has 0 bridgehead atoms. The van der Waals surface area contributed by atoms with Gasteiger partial charge in [-0.1, -0.05) is 42.0 Å². The lowest BCUT2D eigenvalue weighted by atomic mass is 10.0. The second kappa shape index (κ2) is 9.46. The summed E-state index contributed by atoms with van der Waals surface area (Å²) in [6, 6.07) is 16.3. The van der Waals surface area contributed by atoms with E-state index >= 15 is 0 Å². The third-order valence-corrected chi connectivity index (χ3v) is 6.12. The lowest BCUT2D eigenvalue weighted by molar-refractivity contribution is 0.0992. The number of Topliss-reactive ketones (excluding diaryl/α,β-unsaturated/α-hetero) is 1. The Kier molecular flexibility index (Phi) is 6.09. The van der Waals surface area contributed by atoms with Gasteiger partial charge in [0.1, 0.15) is 5.82 Å². The van der Waals surface area contributed by atoms with Gasteiger partial charge < -0.3 is 10.6 Å². The van der Waals surface area contributed by atoms with Crippen LogP contribution in [0.1, 0.15) is 34.5 Å². The molecule has 3 heterocycles. The van der Waals surface area contributed by atoms with Crippen molar-refractivity contribution in [3.05, 3.63) is 83.9 Å². The van der Waals surface area contributed by atoms with Gasteiger partial charge in [-0.3, -0.25) is 14.8 Å². The highest BCUT2D eigenvalue weighted by Gasteiger charge is 2.14. The maximum atomic E-state index is 12.7. The van der Waals surface area contributed by atoms with Crippen molar-refractivity contribution in [1.82, 2.24) is 20.3 Å². The van der Waals surface area contributed by atoms with Crippen molar-refractivity contribution in [1.29, 1.82) is 0 Å². The number of ketones is 1. The van der Waals surface area contributed by atoms with Crippen molar-refractivity contribution in [3.8, 4) is 11.3 Å². The van der Waals surface area contributed by atoms with E-state index in [1.807, 2.05) is 55.6 Å². The summed E-state index contributed by atoms with van der Waals surface area (Å²) in [4.78, 5) is 26.4. The number of nitrogens with one attached hydrogen (secondary N) is 2. The van der Waals surface area contributed by atoms with Crippen LogP contribution in [0.3, 0.4) is 0 Å². The minimum absolute atomic E-state index is 0.0700. The van der Waals surface area contributed by atoms with Crippen LogP contribution in [0.5, 0.6) is 0 Å². The highest BCUT2D eigenvalue weighted by Crippen LogP contribution is 2.24. The summed E-state index contributed by atoms with van der Waals surface area (Å²) in [5.41, 5.74) is 4.43. The van der Waals surface area contributed by atoms with E-state index in [4.69, 9.17) is 4.98 Å². The van der Waals surface area contributed by atoms with Crippen LogP contribution in [0, 0.1) is 6.92 Å². The van der Waals surface area contributed by atoms with Crippen LogP contribution in [0.25, 0.3) is 22.0 Å². The average molecular weight is 438 g/mol. The molecule has 166 valence electrons. The van der Waals surface area contributed by atoms with Crippen molar-refractivity contribution < 1.29 is 4.79 Å². The molecule has 1 aliphatic heterocycles. The number of rotatable bonds is 6. The van der Waals surface area contributed by atoms with E-state index in [0.29, 0.717) is 11.6 Å². The van der Waals surface area contributed by atoms with E-state index < -0.39 is 0 Å². The first-order valence-electron chi connectivity index (χ1n) is 11.4. The molecule has 6 nitrogen and oxygen atoms in total. The Morgan fingerprint density at radius 1 is 1.00 bits per heavy atom. The number of benzene rings is 2. The number of carbonyl (C=O) groups excluding carboxylic acids is 1. The Morgan fingerprint density at radius 2 is 1.82 bits per heavy atom. The molecule has 1 aliphatic rings. The molecule has 5 rings (SSSR count). The summed E-state index contributed by atoms with van der Waals surface area (Å²) in [6.07, 6.45) is 7.84. The number of aromatic nitrogens is 3. The quantitative estimate of drug-likeness (QED) is 0.430. The van der Waals surface area contributed by atoms with Gasteiger partial charge in [0.15, 0.2) is 5.78 Å². The summed E-state index contributed by atoms with van der Waals surface area (Å²) in [5, 5.41) is 8.96. The zero-order valence-electron chi connectivity index (χ0n) is 18.7. The van der Waals surface area contributed by atoms with Gasteiger partial charge in [0.25, 0.3) is 0 Å². The van der Waals surface area contributed by atoms with Crippen LogP contribution >= 0.6 is 0 Å². The number of fused-ring (bicyclic) bond motifs is 1. The summed E-state index contributed by atoms with van der Waals surface area (Å²) < 4.78 is 0. The van der Waals surface area contributed by atoms with Gasteiger partial charge in [-0.05, 0) is 50.4 Å². The Bertz CT molecular complexity index is 1280. The second-order valence-electron chi connectivity index (χ2n) is 8.66. The predicted molar refractivity (Wildman–Crippen MR) is 131 cm³/mol. The van der Waals surface area contributed by atoms with Crippen molar-refractivity contribution in [2.75, 3.05) is 18.4 Å². The molecule has 0 atom stereocenters. The molecule has 1 saturated heterocycles. The molecule has 0 saturated carbocycles. The highest BCUT2D eigenvalue weighted by atomic mass is 16.1. The van der Waals surface area contributed by atoms with Gasteiger partial charge in [-0.15, -0.1) is 0 Å². The minimum Gasteiger partial charge on any atom is -0.366 e. The van der Waals surface area contributed by atoms with E-state index in [1.165, 1.54) is 0 Å². The molecular formula is C27H27N5O. The van der Waals surface area contributed by atoms with Crippen LogP contribution in [0.2, 0.25) is 0 Å². The zero-order chi connectivity index (χ0) is 22.6. The third kappa shape index (κ3) is 5.07. The Balaban J connectivity index is 1.37. The van der Waals surface area contributed by atoms with E-state index in [1.54, 1.807) is 12.4 Å². The molecule has 33 heavy (non-hydrogen) atoms. The minimum atomic E-state index is 0.0700. The first-order chi connectivity index (χ1) is 16.1. The first-order valence-corrected chi connectivity index (χ1v) is 11.4. The molecule has 2 aromatic carbocycles. The number of hydrogen-bond acceptors (Lipinski definition) is 6. The third-order valence-electron chi connectivity index (χ3n) is 6.12. The number of aryl methyl sites for hydroxylation is 1. The molecule has 0 spiro atoms. The molecule has 1 fully saturated rings. The SMILES string of the molecule is Cc1ccc(C(=O)Cc2cc3cc(-c4cncc(NC5CCNCC5)n4)ccc3cn2)cc1. The highest BCUT2D eigenvalue weighted by molar-refractivity contribution is 5.98. The van der Waals surface area contributed by atoms with E-state index in [9.17, 15) is 4.79 Å². The average Bonchev–Trinajstić information content (AvgIpc) is 2.85. The largest absolute Gasteiger partial charge is 0.366 e. The zero-order valence-corrected chi connectivity index (χ0v) is 18.7. The molecule has 0 unspecified atom stereocenters. The fraction of sp³-hybridized carbons (Fsp3) is 0.259. The summed E-state index contributed by atoms with van der Waals surface area (Å²) in [5.74, 6) is 0.874. The molecule has 0 aliphatic carbocycles. The summed E-state index contributed by atoms with van der Waals surface area (Å²) in [7, 11) is 0. The number of nitrogens with zero attached hydrogens (tertiary/aromatic N) is 3. The lowest BCUT2D eigenvalue weighted by Gasteiger charge is -2.24. The number of hydrogen-bond donors (Lipinski definition) is 2. The van der Waals surface area contributed by atoms with Crippen molar-refractivity contribution in [3.63, 3.8) is 0 Å². The van der Waals surface area contributed by atoms with Crippen LogP contribution in [0.15, 0.2) is 67.1 Å². The van der Waals surface area contributed by atoms with E-state index in [0.717, 1.165) is 65.0 Å². The molecular weight excluding hydrogens is 410 g/mol. The smallest absolute Gasteiger partial charge is 0.168 e. The molecule has 2 aromatic heterocycles. The van der Waals surface area contributed by atoms with Crippen LogP contribution in [-0.2, 0) is 6.42 Å². The molecule has 4 aromatic rings. The molecule has 2 N–H and O–H groups in total. The number of piperidine rings is 1. The number of anilines is 1. The van der Waals surface area contributed by atoms with Crippen molar-refractivity contribution in [2.45, 2.75) is 32.2 Å². The monoisotopic (exact) mass is 437 g/mol. The molecule has 0 amide bonds. The van der Waals surface area contributed by atoms with Crippen molar-refractivity contribution in [2.24, 2.45) is 0 Å². The first kappa shape index (κ1) is 21.2. The normalized spacial score (nSPS) is 14.3. The molecule has 0 radical (unpaired) electrons. The van der Waals surface area contributed by atoms with Gasteiger partial charge in [0.2, 0.25) is 0 Å². The van der Waals surface area contributed by atoms with Gasteiger partial charge in [0.05, 0.1) is 24.5 Å². The van der Waals surface area contributed by atoms with Crippen molar-refractivity contribution >= 4 is 22.4 Å². The lowest BCUT2D eigenvalue weighted by Crippen LogP contribution is -2.35. The maximum Gasteiger partial charge on any atom is 0.168 e. The topological polar surface area (TPSA) is 79.8 Å². The van der Waals surface area contributed by atoms with E-state index in [2.05, 4.69) is 26.7 Å². The Morgan fingerprint density at radius 3 is 2.64 bits per heavy atom. The van der Waals surface area contributed by atoms with E-state index in [-0.39, 0.29) is 12.2 Å². The predicted octanol–water partition coefficient (Wildman–Crippen LogP) is 4.59. The fourth-order valence-electron chi connectivity index (χ4n) is 4.20. The fourth-order valence-corrected chi connectivity index (χ4v) is 4.20. The van der Waals surface area contributed by atoms with Gasteiger partial charge in [-0.2, -0.15) is 0 Å². The Hall–Kier alpha value is -3.64. The van der Waals surface area contributed by atoms with Gasteiger partial charge >= 0.3 is 0 Å². The summed E-state index contributed by atoms with van der Waals surface area (Å²) in [6.45, 7) is 4.07. The number of pyridine rings is 1. The number of carbonyl (C=O) groups is 1. The Labute approximate surface area is 193 Å². The molecule has 6 heteroatoms. The second-order valence-corrected chi connectivity index (χ2v) is 8.66. The maximum absolute atomic E-state index is 12.7. The van der Waals surface area contributed by atoms with Crippen LogP contribution in [0.4, 0.5) is 5.82 Å².